The number of nitrogens with one attached hydrogen (secondary N) is 1. The highest BCUT2D eigenvalue weighted by Crippen LogP contribution is 2.26. The largest absolute Gasteiger partial charge is 0.355 e. The normalized spacial score (nSPS) is 12.0. The second-order valence-electron chi connectivity index (χ2n) is 8.82. The van der Waals surface area contributed by atoms with Crippen LogP contribution in [0.15, 0.2) is 82.2 Å². The van der Waals surface area contributed by atoms with Gasteiger partial charge in [0.25, 0.3) is 10.0 Å². The molecule has 0 heterocycles. The molecule has 0 aliphatic carbocycles. The van der Waals surface area contributed by atoms with E-state index in [1.165, 1.54) is 17.0 Å². The molecule has 0 aromatic heterocycles. The third kappa shape index (κ3) is 6.99. The molecular formula is C28H32BrN3O4S. The molecule has 0 radical (unpaired) electrons. The van der Waals surface area contributed by atoms with Gasteiger partial charge < -0.3 is 10.2 Å². The van der Waals surface area contributed by atoms with Crippen LogP contribution in [0.4, 0.5) is 5.69 Å². The molecule has 0 saturated carbocycles. The van der Waals surface area contributed by atoms with Crippen LogP contribution in [0.1, 0.15) is 30.5 Å². The Kier molecular flexibility index (Phi) is 9.50. The highest BCUT2D eigenvalue weighted by molar-refractivity contribution is 9.10. The molecule has 9 heteroatoms. The molecule has 196 valence electrons. The Morgan fingerprint density at radius 1 is 0.946 bits per heavy atom. The zero-order valence-electron chi connectivity index (χ0n) is 21.4. The van der Waals surface area contributed by atoms with E-state index in [0.29, 0.717) is 12.2 Å². The highest BCUT2D eigenvalue weighted by Gasteiger charge is 2.32. The molecule has 0 aliphatic heterocycles. The summed E-state index contributed by atoms with van der Waals surface area (Å²) in [6, 6.07) is 19.9. The summed E-state index contributed by atoms with van der Waals surface area (Å²) in [5.41, 5.74) is 3.10. The van der Waals surface area contributed by atoms with Crippen LogP contribution in [0.5, 0.6) is 0 Å². The molecule has 3 aromatic carbocycles. The number of rotatable bonds is 10. The van der Waals surface area contributed by atoms with Gasteiger partial charge in [-0.25, -0.2) is 8.42 Å². The number of hydrogen-bond acceptors (Lipinski definition) is 4. The van der Waals surface area contributed by atoms with Crippen LogP contribution in [0.25, 0.3) is 0 Å². The van der Waals surface area contributed by atoms with Crippen molar-refractivity contribution < 1.29 is 18.0 Å². The molecule has 2 amide bonds. The number of nitrogens with zero attached hydrogens (tertiary/aromatic N) is 2. The zero-order chi connectivity index (χ0) is 27.2. The van der Waals surface area contributed by atoms with Crippen LogP contribution < -0.4 is 9.62 Å². The molecule has 1 N–H and O–H groups in total. The van der Waals surface area contributed by atoms with E-state index in [1.54, 1.807) is 44.2 Å². The van der Waals surface area contributed by atoms with Crippen LogP contribution in [-0.2, 0) is 26.2 Å². The topological polar surface area (TPSA) is 86.8 Å². The van der Waals surface area contributed by atoms with Crippen molar-refractivity contribution in [3.63, 3.8) is 0 Å². The molecular weight excluding hydrogens is 554 g/mol. The van der Waals surface area contributed by atoms with E-state index in [1.807, 2.05) is 44.2 Å². The molecule has 0 aliphatic rings. The van der Waals surface area contributed by atoms with E-state index >= 15 is 0 Å². The fourth-order valence-electron chi connectivity index (χ4n) is 3.87. The standard InChI is InChI=1S/C28H32BrN3O4S/c1-5-30-28(34)22(4)31(18-23-10-9-11-24(29)17-23)27(33)19-32(25-15-14-20(2)21(3)16-25)37(35,36)26-12-7-6-8-13-26/h6-17,22H,5,18-19H2,1-4H3,(H,30,34)/t22-/m1/s1. The first-order valence-electron chi connectivity index (χ1n) is 12.0. The number of likely N-dealkylation sites (N-methyl/N-ethyl adjacent to an activating group) is 1. The Bertz CT molecular complexity index is 1360. The van der Waals surface area contributed by atoms with Crippen LogP contribution in [0.3, 0.4) is 0 Å². The quantitative estimate of drug-likeness (QED) is 0.370. The summed E-state index contributed by atoms with van der Waals surface area (Å²) in [4.78, 5) is 28.1. The number of benzene rings is 3. The summed E-state index contributed by atoms with van der Waals surface area (Å²) < 4.78 is 29.5. The SMILES string of the molecule is CCNC(=O)[C@@H](C)N(Cc1cccc(Br)c1)C(=O)CN(c1ccc(C)c(C)c1)S(=O)(=O)c1ccccc1. The predicted molar refractivity (Wildman–Crippen MR) is 150 cm³/mol. The number of carbonyl (C=O) groups excluding carboxylic acids is 2. The van der Waals surface area contributed by atoms with Crippen molar-refractivity contribution in [3.8, 4) is 0 Å². The first kappa shape index (κ1) is 28.4. The van der Waals surface area contributed by atoms with Crippen LogP contribution in [0, 0.1) is 13.8 Å². The monoisotopic (exact) mass is 585 g/mol. The van der Waals surface area contributed by atoms with Gasteiger partial charge in [0.2, 0.25) is 11.8 Å². The maximum Gasteiger partial charge on any atom is 0.264 e. The van der Waals surface area contributed by atoms with Crippen LogP contribution in [-0.4, -0.2) is 44.3 Å². The molecule has 0 fully saturated rings. The smallest absolute Gasteiger partial charge is 0.264 e. The Hall–Kier alpha value is -3.17. The Morgan fingerprint density at radius 2 is 1.65 bits per heavy atom. The Balaban J connectivity index is 2.04. The molecule has 0 bridgehead atoms. The third-order valence-corrected chi connectivity index (χ3v) is 8.43. The molecule has 1 atom stereocenters. The molecule has 7 nitrogen and oxygen atoms in total. The van der Waals surface area contributed by atoms with Gasteiger partial charge in [-0.3, -0.25) is 13.9 Å². The van der Waals surface area contributed by atoms with Gasteiger partial charge in [-0.2, -0.15) is 0 Å². The van der Waals surface area contributed by atoms with Crippen molar-refractivity contribution in [2.75, 3.05) is 17.4 Å². The molecule has 3 aromatic rings. The minimum Gasteiger partial charge on any atom is -0.355 e. The minimum atomic E-state index is -4.07. The maximum atomic E-state index is 13.8. The molecule has 37 heavy (non-hydrogen) atoms. The minimum absolute atomic E-state index is 0.0799. The summed E-state index contributed by atoms with van der Waals surface area (Å²) in [5, 5.41) is 2.76. The highest BCUT2D eigenvalue weighted by atomic mass is 79.9. The summed E-state index contributed by atoms with van der Waals surface area (Å²) in [6.45, 7) is 7.38. The number of sulfonamides is 1. The lowest BCUT2D eigenvalue weighted by atomic mass is 10.1. The van der Waals surface area contributed by atoms with E-state index in [4.69, 9.17) is 0 Å². The Labute approximate surface area is 227 Å². The zero-order valence-corrected chi connectivity index (χ0v) is 23.8. The lowest BCUT2D eigenvalue weighted by molar-refractivity contribution is -0.139. The summed E-state index contributed by atoms with van der Waals surface area (Å²) in [6.07, 6.45) is 0. The van der Waals surface area contributed by atoms with Crippen molar-refractivity contribution in [2.45, 2.75) is 45.2 Å². The summed E-state index contributed by atoms with van der Waals surface area (Å²) in [5.74, 6) is -0.800. The van der Waals surface area contributed by atoms with Crippen molar-refractivity contribution >= 4 is 43.5 Å². The van der Waals surface area contributed by atoms with Gasteiger partial charge in [-0.15, -0.1) is 0 Å². The fourth-order valence-corrected chi connectivity index (χ4v) is 5.74. The van der Waals surface area contributed by atoms with Gasteiger partial charge >= 0.3 is 0 Å². The van der Waals surface area contributed by atoms with E-state index < -0.39 is 28.5 Å². The van der Waals surface area contributed by atoms with E-state index in [-0.39, 0.29) is 17.3 Å². The second kappa shape index (κ2) is 12.4. The number of anilines is 1. The first-order valence-corrected chi connectivity index (χ1v) is 14.2. The van der Waals surface area contributed by atoms with Crippen molar-refractivity contribution in [1.82, 2.24) is 10.2 Å². The van der Waals surface area contributed by atoms with Crippen LogP contribution >= 0.6 is 15.9 Å². The lowest BCUT2D eigenvalue weighted by Crippen LogP contribution is -2.51. The van der Waals surface area contributed by atoms with Gasteiger partial charge in [0.15, 0.2) is 0 Å². The second-order valence-corrected chi connectivity index (χ2v) is 11.6. The first-order chi connectivity index (χ1) is 17.5. The predicted octanol–water partition coefficient (Wildman–Crippen LogP) is 4.81. The number of carbonyl (C=O) groups is 2. The summed E-state index contributed by atoms with van der Waals surface area (Å²) >= 11 is 3.45. The van der Waals surface area contributed by atoms with Gasteiger partial charge in [0.05, 0.1) is 10.6 Å². The number of halogens is 1. The van der Waals surface area contributed by atoms with Crippen LogP contribution in [0.2, 0.25) is 0 Å². The van der Waals surface area contributed by atoms with Gasteiger partial charge in [0.1, 0.15) is 12.6 Å². The summed E-state index contributed by atoms with van der Waals surface area (Å²) in [7, 11) is -4.07. The molecule has 0 saturated heterocycles. The maximum absolute atomic E-state index is 13.8. The average Bonchev–Trinajstić information content (AvgIpc) is 2.87. The van der Waals surface area contributed by atoms with Gasteiger partial charge in [-0.05, 0) is 80.8 Å². The van der Waals surface area contributed by atoms with Crippen molar-refractivity contribution in [3.05, 3.63) is 94.0 Å². The molecule has 0 spiro atoms. The molecule has 0 unspecified atom stereocenters. The molecule has 3 rings (SSSR count). The third-order valence-electron chi connectivity index (χ3n) is 6.15. The number of aryl methyl sites for hydroxylation is 2. The fraction of sp³-hybridized carbons (Fsp3) is 0.286. The van der Waals surface area contributed by atoms with E-state index in [9.17, 15) is 18.0 Å². The van der Waals surface area contributed by atoms with Gasteiger partial charge in [-0.1, -0.05) is 52.3 Å². The van der Waals surface area contributed by atoms with Crippen molar-refractivity contribution in [1.29, 1.82) is 0 Å². The van der Waals surface area contributed by atoms with Crippen molar-refractivity contribution in [2.24, 2.45) is 0 Å². The Morgan fingerprint density at radius 3 is 2.27 bits per heavy atom. The number of hydrogen-bond donors (Lipinski definition) is 1. The average molecular weight is 587 g/mol. The van der Waals surface area contributed by atoms with E-state index in [0.717, 1.165) is 25.5 Å². The van der Waals surface area contributed by atoms with E-state index in [2.05, 4.69) is 21.2 Å². The van der Waals surface area contributed by atoms with Gasteiger partial charge in [0, 0.05) is 17.6 Å². The number of amides is 2. The lowest BCUT2D eigenvalue weighted by Gasteiger charge is -2.32.